The van der Waals surface area contributed by atoms with Crippen LogP contribution in [0.3, 0.4) is 0 Å². The van der Waals surface area contributed by atoms with Crippen molar-refractivity contribution in [3.05, 3.63) is 69.0 Å². The smallest absolute Gasteiger partial charge is 0.294 e. The highest BCUT2D eigenvalue weighted by Gasteiger charge is 2.23. The Morgan fingerprint density at radius 2 is 2.03 bits per heavy atom. The fourth-order valence-corrected chi connectivity index (χ4v) is 5.33. The number of hydrogen-bond donors (Lipinski definition) is 1. The highest BCUT2D eigenvalue weighted by atomic mass is 35.5. The van der Waals surface area contributed by atoms with Gasteiger partial charge in [0.1, 0.15) is 5.69 Å². The Morgan fingerprint density at radius 3 is 2.76 bits per heavy atom. The Morgan fingerprint density at radius 1 is 1.21 bits per heavy atom. The van der Waals surface area contributed by atoms with Crippen LogP contribution in [0.25, 0.3) is 22.2 Å². The van der Waals surface area contributed by atoms with Crippen LogP contribution in [-0.4, -0.2) is 58.6 Å². The van der Waals surface area contributed by atoms with Gasteiger partial charge in [0.25, 0.3) is 5.69 Å². The van der Waals surface area contributed by atoms with Crippen molar-refractivity contribution in [2.24, 2.45) is 0 Å². The Labute approximate surface area is 227 Å². The van der Waals surface area contributed by atoms with Gasteiger partial charge in [-0.05, 0) is 50.6 Å². The maximum Gasteiger partial charge on any atom is 0.294 e. The molecule has 10 heteroatoms. The Kier molecular flexibility index (Phi) is 7.23. The molecule has 4 aromatic rings. The number of nitrogens with zero attached hydrogens (tertiary/aromatic N) is 6. The fraction of sp³-hybridized carbons (Fsp3) is 0.357. The lowest BCUT2D eigenvalue weighted by atomic mass is 10.0. The molecule has 2 aromatic carbocycles. The maximum absolute atomic E-state index is 12.0. The molecule has 1 aliphatic heterocycles. The second kappa shape index (κ2) is 10.6. The summed E-state index contributed by atoms with van der Waals surface area (Å²) in [6.07, 6.45) is 6.55. The summed E-state index contributed by atoms with van der Waals surface area (Å²) in [6, 6.07) is 9.83. The minimum atomic E-state index is -0.339. The third-order valence-electron chi connectivity index (χ3n) is 7.14. The van der Waals surface area contributed by atoms with Gasteiger partial charge in [-0.1, -0.05) is 36.7 Å². The number of benzene rings is 2. The minimum absolute atomic E-state index is 0.0362. The molecule has 0 unspecified atom stereocenters. The number of nitro benzene ring substituents is 1. The molecule has 0 saturated heterocycles. The normalized spacial score (nSPS) is 12.8. The van der Waals surface area contributed by atoms with Crippen LogP contribution in [0.4, 0.5) is 23.0 Å². The molecular formula is C28H32ClN7O2. The van der Waals surface area contributed by atoms with Gasteiger partial charge < -0.3 is 19.7 Å². The number of para-hydroxylation sites is 1. The molecule has 0 spiro atoms. The Hall–Kier alpha value is -3.69. The summed E-state index contributed by atoms with van der Waals surface area (Å²) in [4.78, 5) is 24.9. The van der Waals surface area contributed by atoms with E-state index < -0.39 is 0 Å². The summed E-state index contributed by atoms with van der Waals surface area (Å²) in [7, 11) is 5.85. The van der Waals surface area contributed by atoms with Gasteiger partial charge in [0.2, 0.25) is 5.95 Å². The molecular weight excluding hydrogens is 502 g/mol. The predicted molar refractivity (Wildman–Crippen MR) is 154 cm³/mol. The van der Waals surface area contributed by atoms with Crippen molar-refractivity contribution in [2.45, 2.75) is 32.7 Å². The molecule has 0 aliphatic carbocycles. The van der Waals surface area contributed by atoms with Crippen LogP contribution in [-0.2, 0) is 19.4 Å². The predicted octanol–water partition coefficient (Wildman–Crippen LogP) is 5.91. The van der Waals surface area contributed by atoms with Gasteiger partial charge in [-0.15, -0.1) is 0 Å². The van der Waals surface area contributed by atoms with Crippen LogP contribution in [0, 0.1) is 10.1 Å². The molecule has 0 radical (unpaired) electrons. The first kappa shape index (κ1) is 25.9. The van der Waals surface area contributed by atoms with Crippen LogP contribution >= 0.6 is 11.6 Å². The summed E-state index contributed by atoms with van der Waals surface area (Å²) in [5, 5.41) is 16.8. The zero-order valence-electron chi connectivity index (χ0n) is 22.2. The van der Waals surface area contributed by atoms with Crippen LogP contribution in [0.1, 0.15) is 24.5 Å². The van der Waals surface area contributed by atoms with Gasteiger partial charge in [-0.2, -0.15) is 0 Å². The van der Waals surface area contributed by atoms with E-state index >= 15 is 0 Å². The largest absolute Gasteiger partial charge is 0.368 e. The number of nitro groups is 1. The topological polar surface area (TPSA) is 92.4 Å². The van der Waals surface area contributed by atoms with E-state index in [4.69, 9.17) is 16.6 Å². The highest BCUT2D eigenvalue weighted by molar-refractivity contribution is 6.33. The number of anilines is 3. The lowest BCUT2D eigenvalue weighted by molar-refractivity contribution is -0.384. The molecule has 2 aromatic heterocycles. The first-order chi connectivity index (χ1) is 18.3. The summed E-state index contributed by atoms with van der Waals surface area (Å²) < 4.78 is 2.28. The number of aryl methyl sites for hydroxylation is 3. The second-order valence-corrected chi connectivity index (χ2v) is 10.4. The maximum atomic E-state index is 12.0. The summed E-state index contributed by atoms with van der Waals surface area (Å²) in [5.41, 5.74) is 6.34. The highest BCUT2D eigenvalue weighted by Crippen LogP contribution is 2.38. The number of aromatic nitrogens is 3. The van der Waals surface area contributed by atoms with E-state index in [1.165, 1.54) is 11.1 Å². The first-order valence-corrected chi connectivity index (χ1v) is 13.2. The van der Waals surface area contributed by atoms with Crippen molar-refractivity contribution < 1.29 is 4.92 Å². The molecule has 9 nitrogen and oxygen atoms in total. The molecule has 198 valence electrons. The van der Waals surface area contributed by atoms with E-state index in [1.807, 2.05) is 39.0 Å². The van der Waals surface area contributed by atoms with Gasteiger partial charge in [-0.25, -0.2) is 9.97 Å². The Balaban J connectivity index is 1.53. The van der Waals surface area contributed by atoms with Crippen molar-refractivity contribution >= 4 is 45.5 Å². The Bertz CT molecular complexity index is 1520. The van der Waals surface area contributed by atoms with Crippen molar-refractivity contribution in [2.75, 3.05) is 44.4 Å². The van der Waals surface area contributed by atoms with Crippen molar-refractivity contribution in [3.8, 4) is 11.3 Å². The van der Waals surface area contributed by atoms with Gasteiger partial charge in [0, 0.05) is 49.9 Å². The number of hydrogen-bond acceptors (Lipinski definition) is 7. The number of halogens is 1. The van der Waals surface area contributed by atoms with Crippen LogP contribution in [0.2, 0.25) is 5.02 Å². The fourth-order valence-electron chi connectivity index (χ4n) is 5.13. The molecule has 38 heavy (non-hydrogen) atoms. The van der Waals surface area contributed by atoms with E-state index in [1.54, 1.807) is 12.3 Å². The molecule has 1 aliphatic rings. The zero-order chi connectivity index (χ0) is 27.0. The number of nitrogens with one attached hydrogen (secondary N) is 1. The molecule has 0 amide bonds. The summed E-state index contributed by atoms with van der Waals surface area (Å²) in [6.45, 7) is 4.44. The molecule has 0 fully saturated rings. The molecule has 1 N–H and O–H groups in total. The van der Waals surface area contributed by atoms with E-state index in [0.717, 1.165) is 42.4 Å². The molecule has 5 rings (SSSR count). The van der Waals surface area contributed by atoms with E-state index in [2.05, 4.69) is 44.2 Å². The number of rotatable bonds is 9. The average molecular weight is 534 g/mol. The van der Waals surface area contributed by atoms with E-state index in [9.17, 15) is 10.1 Å². The third kappa shape index (κ3) is 4.91. The quantitative estimate of drug-likeness (QED) is 0.211. The van der Waals surface area contributed by atoms with E-state index in [-0.39, 0.29) is 10.6 Å². The zero-order valence-corrected chi connectivity index (χ0v) is 22.9. The summed E-state index contributed by atoms with van der Waals surface area (Å²) >= 11 is 6.61. The van der Waals surface area contributed by atoms with Crippen LogP contribution in [0.5, 0.6) is 0 Å². The van der Waals surface area contributed by atoms with Crippen LogP contribution in [0.15, 0.2) is 42.7 Å². The molecule has 0 saturated carbocycles. The molecule has 0 bridgehead atoms. The average Bonchev–Trinajstić information content (AvgIpc) is 3.28. The SMILES string of the molecule is CCc1cc(N(C)CCN(C)C)c([N+](=O)[O-])cc1Nc1ncc(Cl)c(-c2cn3c4c(cccc24)CCC3)n1. The van der Waals surface area contributed by atoms with E-state index in [0.29, 0.717) is 41.0 Å². The van der Waals surface area contributed by atoms with Crippen molar-refractivity contribution in [3.63, 3.8) is 0 Å². The van der Waals surface area contributed by atoms with Gasteiger partial charge in [0.15, 0.2) is 0 Å². The molecule has 3 heterocycles. The third-order valence-corrected chi connectivity index (χ3v) is 7.42. The lowest BCUT2D eigenvalue weighted by Gasteiger charge is -2.23. The lowest BCUT2D eigenvalue weighted by Crippen LogP contribution is -2.29. The van der Waals surface area contributed by atoms with Gasteiger partial charge in [0.05, 0.1) is 33.0 Å². The first-order valence-electron chi connectivity index (χ1n) is 12.8. The van der Waals surface area contributed by atoms with Gasteiger partial charge >= 0.3 is 0 Å². The van der Waals surface area contributed by atoms with Crippen molar-refractivity contribution in [1.29, 1.82) is 0 Å². The second-order valence-electron chi connectivity index (χ2n) is 10.0. The van der Waals surface area contributed by atoms with Gasteiger partial charge in [-0.3, -0.25) is 10.1 Å². The van der Waals surface area contributed by atoms with Crippen LogP contribution < -0.4 is 10.2 Å². The standard InChI is InChI=1S/C28H32ClN7O2/c1-5-18-14-24(34(4)13-12-33(2)3)25(36(37)38)15-23(18)31-28-30-16-22(29)26(32-28)21-17-35-11-7-9-19-8-6-10-20(21)27(19)35/h6,8,10,14-17H,5,7,9,11-13H2,1-4H3,(H,30,31,32). The molecule has 0 atom stereocenters. The number of likely N-dealkylation sites (N-methyl/N-ethyl adjacent to an activating group) is 2. The van der Waals surface area contributed by atoms with Crippen molar-refractivity contribution in [1.82, 2.24) is 19.4 Å². The monoisotopic (exact) mass is 533 g/mol. The minimum Gasteiger partial charge on any atom is -0.368 e. The summed E-state index contributed by atoms with van der Waals surface area (Å²) in [5.74, 6) is 0.342.